The minimum Gasteiger partial charge on any atom is -0.321 e. The number of alkyl halides is 3. The number of amides is 1. The van der Waals surface area contributed by atoms with Crippen LogP contribution >= 0.6 is 11.3 Å². The fourth-order valence-electron chi connectivity index (χ4n) is 4.42. The SMILES string of the molecule is Cc1nnc(Nc2ncc3c(n2)N2CCN=C2C(c2cc(NC(=O)c4cc(C(F)(F)F)ccn4)ccc2C)=C3)s1. The molecule has 0 spiro atoms. The quantitative estimate of drug-likeness (QED) is 0.343. The van der Waals surface area contributed by atoms with Crippen molar-refractivity contribution in [2.24, 2.45) is 4.99 Å². The van der Waals surface area contributed by atoms with E-state index in [0.29, 0.717) is 35.7 Å². The summed E-state index contributed by atoms with van der Waals surface area (Å²) in [5.41, 5.74) is 2.46. The first-order valence-electron chi connectivity index (χ1n) is 12.1. The third-order valence-corrected chi connectivity index (χ3v) is 7.04. The molecule has 0 atom stereocenters. The number of amidine groups is 1. The lowest BCUT2D eigenvalue weighted by atomic mass is 9.94. The zero-order chi connectivity index (χ0) is 28.0. The minimum absolute atomic E-state index is 0.334. The van der Waals surface area contributed by atoms with Crippen LogP contribution in [0.2, 0.25) is 0 Å². The first-order valence-corrected chi connectivity index (χ1v) is 12.9. The van der Waals surface area contributed by atoms with E-state index in [4.69, 9.17) is 9.98 Å². The van der Waals surface area contributed by atoms with Crippen molar-refractivity contribution in [2.45, 2.75) is 20.0 Å². The van der Waals surface area contributed by atoms with Gasteiger partial charge >= 0.3 is 6.18 Å². The highest BCUT2D eigenvalue weighted by molar-refractivity contribution is 7.15. The van der Waals surface area contributed by atoms with Gasteiger partial charge in [0, 0.05) is 35.8 Å². The van der Waals surface area contributed by atoms with E-state index < -0.39 is 17.6 Å². The first kappa shape index (κ1) is 25.6. The maximum absolute atomic E-state index is 13.1. The predicted octanol–water partition coefficient (Wildman–Crippen LogP) is 5.13. The molecule has 2 N–H and O–H groups in total. The van der Waals surface area contributed by atoms with Crippen molar-refractivity contribution in [1.29, 1.82) is 0 Å². The van der Waals surface area contributed by atoms with E-state index in [0.717, 1.165) is 51.4 Å². The minimum atomic E-state index is -4.58. The summed E-state index contributed by atoms with van der Waals surface area (Å²) in [6.07, 6.45) is 0.0443. The largest absolute Gasteiger partial charge is 0.416 e. The van der Waals surface area contributed by atoms with E-state index in [9.17, 15) is 18.0 Å². The van der Waals surface area contributed by atoms with Crippen LogP contribution < -0.4 is 15.5 Å². The Bertz CT molecular complexity index is 1710. The maximum atomic E-state index is 13.1. The van der Waals surface area contributed by atoms with Crippen LogP contribution in [0.4, 0.5) is 35.8 Å². The van der Waals surface area contributed by atoms with Gasteiger partial charge in [-0.1, -0.05) is 17.4 Å². The summed E-state index contributed by atoms with van der Waals surface area (Å²) in [5.74, 6) is 1.08. The number of fused-ring (bicyclic) bond motifs is 3. The van der Waals surface area contributed by atoms with Crippen LogP contribution in [0.25, 0.3) is 11.6 Å². The van der Waals surface area contributed by atoms with E-state index >= 15 is 0 Å². The summed E-state index contributed by atoms with van der Waals surface area (Å²) in [5, 5.41) is 15.2. The van der Waals surface area contributed by atoms with E-state index in [1.807, 2.05) is 30.9 Å². The highest BCUT2D eigenvalue weighted by Gasteiger charge is 2.32. The van der Waals surface area contributed by atoms with Crippen molar-refractivity contribution >= 4 is 57.3 Å². The summed E-state index contributed by atoms with van der Waals surface area (Å²) in [4.78, 5) is 32.4. The van der Waals surface area contributed by atoms with Crippen molar-refractivity contribution in [3.05, 3.63) is 75.7 Å². The van der Waals surface area contributed by atoms with Gasteiger partial charge in [0.2, 0.25) is 11.1 Å². The van der Waals surface area contributed by atoms with Crippen molar-refractivity contribution < 1.29 is 18.0 Å². The number of anilines is 4. The molecule has 202 valence electrons. The molecule has 5 heterocycles. The lowest BCUT2D eigenvalue weighted by molar-refractivity contribution is -0.137. The molecule has 3 aromatic heterocycles. The van der Waals surface area contributed by atoms with Crippen LogP contribution in [-0.2, 0) is 6.18 Å². The zero-order valence-corrected chi connectivity index (χ0v) is 21.9. The Morgan fingerprint density at radius 2 is 1.95 bits per heavy atom. The number of hydrogen-bond donors (Lipinski definition) is 2. The second-order valence-corrected chi connectivity index (χ2v) is 10.2. The molecule has 4 aromatic rings. The van der Waals surface area contributed by atoms with Gasteiger partial charge in [-0.15, -0.1) is 10.2 Å². The highest BCUT2D eigenvalue weighted by Crippen LogP contribution is 2.37. The number of carbonyl (C=O) groups is 1. The fraction of sp³-hybridized carbons (Fsp3) is 0.192. The molecule has 1 amide bonds. The number of aromatic nitrogens is 5. The number of hydrogen-bond acceptors (Lipinski definition) is 10. The number of nitrogens with zero attached hydrogens (tertiary/aromatic N) is 7. The molecule has 10 nitrogen and oxygen atoms in total. The van der Waals surface area contributed by atoms with Crippen molar-refractivity contribution in [1.82, 2.24) is 25.1 Å². The Morgan fingerprint density at radius 3 is 2.73 bits per heavy atom. The average molecular weight is 564 g/mol. The van der Waals surface area contributed by atoms with E-state index in [2.05, 4.69) is 30.8 Å². The normalized spacial score (nSPS) is 14.3. The van der Waals surface area contributed by atoms with Crippen molar-refractivity contribution in [2.75, 3.05) is 28.6 Å². The smallest absolute Gasteiger partial charge is 0.321 e. The predicted molar refractivity (Wildman–Crippen MR) is 146 cm³/mol. The van der Waals surface area contributed by atoms with Crippen LogP contribution in [-0.4, -0.2) is 50.0 Å². The molecule has 0 radical (unpaired) electrons. The summed E-state index contributed by atoms with van der Waals surface area (Å²) >= 11 is 1.40. The van der Waals surface area contributed by atoms with Gasteiger partial charge in [-0.25, -0.2) is 4.98 Å². The highest BCUT2D eigenvalue weighted by atomic mass is 32.1. The summed E-state index contributed by atoms with van der Waals surface area (Å²) < 4.78 is 39.3. The van der Waals surface area contributed by atoms with E-state index in [1.165, 1.54) is 11.3 Å². The van der Waals surface area contributed by atoms with Gasteiger partial charge in [-0.3, -0.25) is 20.1 Å². The van der Waals surface area contributed by atoms with Crippen LogP contribution in [0.3, 0.4) is 0 Å². The molecule has 14 heteroatoms. The number of carbonyl (C=O) groups excluding carboxylic acids is 1. The Hall–Kier alpha value is -4.72. The third kappa shape index (κ3) is 4.88. The van der Waals surface area contributed by atoms with Gasteiger partial charge in [0.25, 0.3) is 5.91 Å². The van der Waals surface area contributed by atoms with E-state index in [1.54, 1.807) is 18.3 Å². The monoisotopic (exact) mass is 563 g/mol. The summed E-state index contributed by atoms with van der Waals surface area (Å²) in [6, 6.07) is 6.83. The zero-order valence-electron chi connectivity index (χ0n) is 21.1. The van der Waals surface area contributed by atoms with Crippen molar-refractivity contribution in [3.63, 3.8) is 0 Å². The number of benzene rings is 1. The molecule has 6 rings (SSSR count). The standard InChI is InChI=1S/C26H20F3N9OS/c1-13-3-4-17(33-23(39)20-10-16(5-6-30-20)26(27,28)29)11-18(13)19-9-15-12-32-24(35-25-37-36-14(2)40-25)34-21(15)38-8-7-31-22(19)38/h3-6,9-12H,7-8H2,1-2H3,(H,33,39)(H,32,34,35,37). The second kappa shape index (κ2) is 9.79. The van der Waals surface area contributed by atoms with Crippen LogP contribution in [0.1, 0.15) is 37.7 Å². The third-order valence-electron chi connectivity index (χ3n) is 6.28. The molecule has 2 aliphatic heterocycles. The molecule has 1 aromatic carbocycles. The molecular formula is C26H20F3N9OS. The van der Waals surface area contributed by atoms with Gasteiger partial charge in [-0.2, -0.15) is 18.2 Å². The number of aliphatic imine (C=N–C) groups is 1. The molecule has 0 saturated carbocycles. The molecule has 0 saturated heterocycles. The second-order valence-electron chi connectivity index (χ2n) is 9.05. The number of halogens is 3. The van der Waals surface area contributed by atoms with Crippen LogP contribution in [0.5, 0.6) is 0 Å². The summed E-state index contributed by atoms with van der Waals surface area (Å²) in [7, 11) is 0. The summed E-state index contributed by atoms with van der Waals surface area (Å²) in [6.45, 7) is 5.00. The molecule has 0 aliphatic carbocycles. The molecule has 0 unspecified atom stereocenters. The van der Waals surface area contributed by atoms with Gasteiger partial charge in [0.05, 0.1) is 12.1 Å². The Morgan fingerprint density at radius 1 is 1.10 bits per heavy atom. The lowest BCUT2D eigenvalue weighted by Gasteiger charge is -2.28. The number of pyridine rings is 1. The fourth-order valence-corrected chi connectivity index (χ4v) is 5.01. The molecule has 0 fully saturated rings. The number of rotatable bonds is 5. The molecular weight excluding hydrogens is 543 g/mol. The Kier molecular flexibility index (Phi) is 6.25. The molecule has 2 aliphatic rings. The van der Waals surface area contributed by atoms with Gasteiger partial charge in [0.1, 0.15) is 22.4 Å². The molecule has 0 bridgehead atoms. The topological polar surface area (TPSA) is 121 Å². The van der Waals surface area contributed by atoms with E-state index in [-0.39, 0.29) is 5.69 Å². The Labute approximate surface area is 229 Å². The lowest BCUT2D eigenvalue weighted by Crippen LogP contribution is -2.32. The van der Waals surface area contributed by atoms with Crippen LogP contribution in [0.15, 0.2) is 47.7 Å². The van der Waals surface area contributed by atoms with Crippen molar-refractivity contribution in [3.8, 4) is 0 Å². The number of nitrogens with one attached hydrogen (secondary N) is 2. The Balaban J connectivity index is 1.31. The van der Waals surface area contributed by atoms with Gasteiger partial charge in [-0.05, 0) is 55.3 Å². The van der Waals surface area contributed by atoms with Gasteiger partial charge < -0.3 is 10.2 Å². The maximum Gasteiger partial charge on any atom is 0.416 e. The van der Waals surface area contributed by atoms with Gasteiger partial charge in [0.15, 0.2) is 0 Å². The first-order chi connectivity index (χ1) is 19.2. The number of aryl methyl sites for hydroxylation is 2. The molecule has 40 heavy (non-hydrogen) atoms. The van der Waals surface area contributed by atoms with Crippen LogP contribution in [0, 0.1) is 13.8 Å². The average Bonchev–Trinajstić information content (AvgIpc) is 3.58.